The summed E-state index contributed by atoms with van der Waals surface area (Å²) >= 11 is 0. The Morgan fingerprint density at radius 2 is 1.58 bits per heavy atom. The molecular weight excluding hydrogens is 343 g/mol. The number of amides is 2. The third-order valence-electron chi connectivity index (χ3n) is 3.12. The van der Waals surface area contributed by atoms with Crippen molar-refractivity contribution in [2.24, 2.45) is 5.92 Å². The number of carbonyl (C=O) groups excluding carboxylic acids is 2. The van der Waals surface area contributed by atoms with Gasteiger partial charge in [0.25, 0.3) is 0 Å². The Morgan fingerprint density at radius 3 is 1.83 bits per heavy atom. The summed E-state index contributed by atoms with van der Waals surface area (Å²) in [7, 11) is -4.32. The maximum absolute atomic E-state index is 11.5. The zero-order valence-electron chi connectivity index (χ0n) is 16.2. The molecule has 0 aromatic rings. The Kier molecular flexibility index (Phi) is 15.6. The van der Waals surface area contributed by atoms with Crippen LogP contribution < -0.4 is 40.2 Å². The predicted molar refractivity (Wildman–Crippen MR) is 89.8 cm³/mol. The molecule has 0 radical (unpaired) electrons. The van der Waals surface area contributed by atoms with Crippen molar-refractivity contribution in [3.63, 3.8) is 0 Å². The summed E-state index contributed by atoms with van der Waals surface area (Å²) in [5.74, 6) is -0.952. The van der Waals surface area contributed by atoms with E-state index in [-0.39, 0.29) is 47.3 Å². The molecule has 0 heterocycles. The van der Waals surface area contributed by atoms with Crippen molar-refractivity contribution in [1.29, 1.82) is 0 Å². The summed E-state index contributed by atoms with van der Waals surface area (Å²) in [4.78, 5) is 21.8. The molecule has 2 amide bonds. The molecule has 9 heteroatoms. The van der Waals surface area contributed by atoms with Crippen LogP contribution in [0.15, 0.2) is 0 Å². The van der Waals surface area contributed by atoms with Crippen LogP contribution >= 0.6 is 0 Å². The van der Waals surface area contributed by atoms with Gasteiger partial charge in [-0.25, -0.2) is 8.42 Å². The third kappa shape index (κ3) is 18.2. The van der Waals surface area contributed by atoms with E-state index in [0.717, 1.165) is 6.42 Å². The number of rotatable bonds is 7. The first-order valence-corrected chi connectivity index (χ1v) is 9.34. The van der Waals surface area contributed by atoms with E-state index in [1.807, 2.05) is 20.8 Å². The van der Waals surface area contributed by atoms with Crippen molar-refractivity contribution in [3.8, 4) is 0 Å². The fourth-order valence-corrected chi connectivity index (χ4v) is 2.53. The molecule has 138 valence electrons. The van der Waals surface area contributed by atoms with Crippen LogP contribution in [0.25, 0.3) is 0 Å². The average Bonchev–Trinajstić information content (AvgIpc) is 2.33. The van der Waals surface area contributed by atoms with Gasteiger partial charge < -0.3 is 15.2 Å². The van der Waals surface area contributed by atoms with E-state index in [4.69, 9.17) is 0 Å². The Hall–Kier alpha value is -0.150. The maximum atomic E-state index is 11.5. The van der Waals surface area contributed by atoms with Crippen LogP contribution in [0.4, 0.5) is 0 Å². The standard InChI is InChI=1S/C9H19NO4S.C6H13NO.Na/c1-5-7(2)8(11)10-9(3,4)6-15(12,13)14;1-4-5(2)7-6(3)8;/h7H,5-6H2,1-4H3,(H,10,11)(H,12,13,14);5H,4H2,1-3H3,(H,7,8);/q;;+1/p-1. The monoisotopic (exact) mass is 374 g/mol. The Bertz CT molecular complexity index is 480. The van der Waals surface area contributed by atoms with E-state index in [9.17, 15) is 22.6 Å². The summed E-state index contributed by atoms with van der Waals surface area (Å²) < 4.78 is 31.7. The molecular formula is C15H31N2NaO5S. The maximum Gasteiger partial charge on any atom is 1.00 e. The molecule has 0 fully saturated rings. The number of nitrogens with one attached hydrogen (secondary N) is 2. The van der Waals surface area contributed by atoms with Gasteiger partial charge in [-0.3, -0.25) is 9.59 Å². The second-order valence-corrected chi connectivity index (χ2v) is 7.80. The van der Waals surface area contributed by atoms with Gasteiger partial charge in [0, 0.05) is 24.4 Å². The van der Waals surface area contributed by atoms with Gasteiger partial charge in [-0.1, -0.05) is 20.8 Å². The molecule has 0 aliphatic rings. The van der Waals surface area contributed by atoms with Crippen molar-refractivity contribution in [1.82, 2.24) is 10.6 Å². The van der Waals surface area contributed by atoms with Crippen molar-refractivity contribution in [3.05, 3.63) is 0 Å². The topological polar surface area (TPSA) is 115 Å². The molecule has 0 spiro atoms. The molecule has 2 atom stereocenters. The summed E-state index contributed by atoms with van der Waals surface area (Å²) in [6.45, 7) is 12.2. The van der Waals surface area contributed by atoms with Crippen LogP contribution in [0.2, 0.25) is 0 Å². The van der Waals surface area contributed by atoms with Crippen molar-refractivity contribution >= 4 is 21.9 Å². The number of hydrogen-bond acceptors (Lipinski definition) is 5. The van der Waals surface area contributed by atoms with E-state index < -0.39 is 21.4 Å². The molecule has 2 unspecified atom stereocenters. The zero-order valence-corrected chi connectivity index (χ0v) is 19.0. The van der Waals surface area contributed by atoms with E-state index in [2.05, 4.69) is 10.6 Å². The summed E-state index contributed by atoms with van der Waals surface area (Å²) in [5, 5.41) is 5.30. The van der Waals surface area contributed by atoms with Gasteiger partial charge in [-0.2, -0.15) is 0 Å². The van der Waals surface area contributed by atoms with Crippen LogP contribution in [0.5, 0.6) is 0 Å². The van der Waals surface area contributed by atoms with Crippen LogP contribution in [0, 0.1) is 5.92 Å². The van der Waals surface area contributed by atoms with E-state index in [1.54, 1.807) is 6.92 Å². The van der Waals surface area contributed by atoms with Crippen molar-refractivity contribution in [2.75, 3.05) is 5.75 Å². The van der Waals surface area contributed by atoms with Gasteiger partial charge in [0.05, 0.1) is 15.9 Å². The molecule has 0 rings (SSSR count). The first kappa shape index (κ1) is 28.6. The van der Waals surface area contributed by atoms with Crippen molar-refractivity contribution in [2.45, 2.75) is 72.9 Å². The van der Waals surface area contributed by atoms with Gasteiger partial charge >= 0.3 is 29.6 Å². The molecule has 24 heavy (non-hydrogen) atoms. The minimum absolute atomic E-state index is 0. The van der Waals surface area contributed by atoms with Crippen LogP contribution in [0.3, 0.4) is 0 Å². The smallest absolute Gasteiger partial charge is 0.748 e. The fraction of sp³-hybridized carbons (Fsp3) is 0.867. The largest absolute Gasteiger partial charge is 1.00 e. The van der Waals surface area contributed by atoms with Gasteiger partial charge in [-0.15, -0.1) is 0 Å². The normalized spacial score (nSPS) is 13.5. The first-order chi connectivity index (χ1) is 10.2. The van der Waals surface area contributed by atoms with Crippen LogP contribution in [-0.2, 0) is 19.7 Å². The summed E-state index contributed by atoms with van der Waals surface area (Å²) in [6.07, 6.45) is 1.67. The van der Waals surface area contributed by atoms with Gasteiger partial charge in [0.2, 0.25) is 11.8 Å². The number of hydrogen-bond donors (Lipinski definition) is 2. The molecule has 0 saturated heterocycles. The molecule has 2 N–H and O–H groups in total. The van der Waals surface area contributed by atoms with E-state index in [1.165, 1.54) is 20.8 Å². The first-order valence-electron chi connectivity index (χ1n) is 7.76. The Morgan fingerprint density at radius 1 is 1.12 bits per heavy atom. The van der Waals surface area contributed by atoms with Crippen molar-refractivity contribution < 1.29 is 52.1 Å². The molecule has 7 nitrogen and oxygen atoms in total. The molecule has 0 saturated carbocycles. The quantitative estimate of drug-likeness (QED) is 0.411. The zero-order chi connectivity index (χ0) is 18.8. The summed E-state index contributed by atoms with van der Waals surface area (Å²) in [5.41, 5.74) is -1.01. The Labute approximate surface area is 168 Å². The third-order valence-corrected chi connectivity index (χ3v) is 4.20. The summed E-state index contributed by atoms with van der Waals surface area (Å²) in [6, 6.07) is 0.326. The Balaban J connectivity index is -0.000000419. The van der Waals surface area contributed by atoms with Gasteiger partial charge in [-0.05, 0) is 33.6 Å². The SMILES string of the molecule is CCC(C)C(=O)NC(C)(C)CS(=O)(=O)[O-].CCC(C)NC(C)=O.[Na+]. The molecule has 0 aliphatic heterocycles. The molecule has 0 aromatic heterocycles. The fourth-order valence-electron chi connectivity index (χ4n) is 1.57. The van der Waals surface area contributed by atoms with Gasteiger partial charge in [0.1, 0.15) is 0 Å². The predicted octanol–water partition coefficient (Wildman–Crippen LogP) is -1.60. The van der Waals surface area contributed by atoms with Crippen LogP contribution in [-0.4, -0.2) is 42.1 Å². The van der Waals surface area contributed by atoms with E-state index >= 15 is 0 Å². The van der Waals surface area contributed by atoms with Gasteiger partial charge in [0.15, 0.2) is 0 Å². The molecule has 0 aromatic carbocycles. The second kappa shape index (κ2) is 13.1. The number of carbonyl (C=O) groups is 2. The second-order valence-electron chi connectivity index (χ2n) is 6.39. The minimum Gasteiger partial charge on any atom is -0.748 e. The van der Waals surface area contributed by atoms with E-state index in [0.29, 0.717) is 12.5 Å². The molecule has 0 aliphatic carbocycles. The van der Waals surface area contributed by atoms with Crippen LogP contribution in [0.1, 0.15) is 61.3 Å². The average molecular weight is 374 g/mol. The molecule has 0 bridgehead atoms. The minimum atomic E-state index is -4.32.